The Morgan fingerprint density at radius 2 is 0.762 bits per heavy atom. The van der Waals surface area contributed by atoms with Gasteiger partial charge in [-0.2, -0.15) is 0 Å². The van der Waals surface area contributed by atoms with Gasteiger partial charge < -0.3 is 29.2 Å². The number of carboxylic acid groups (broad SMARTS) is 1. The van der Waals surface area contributed by atoms with Crippen molar-refractivity contribution in [1.82, 2.24) is 0 Å². The molecule has 0 amide bonds. The zero-order chi connectivity index (χ0) is 30.8. The van der Waals surface area contributed by atoms with E-state index in [1.807, 2.05) is 0 Å². The molecule has 2 N–H and O–H groups in total. The average Bonchev–Trinajstić information content (AvgIpc) is 2.97. The van der Waals surface area contributed by atoms with E-state index in [1.54, 1.807) is 0 Å². The van der Waals surface area contributed by atoms with Gasteiger partial charge in [-0.25, -0.2) is 4.79 Å². The minimum absolute atomic E-state index is 0.0386. The Kier molecular flexibility index (Phi) is 22.6. The fourth-order valence-electron chi connectivity index (χ4n) is 4.87. The molecule has 0 aliphatic rings. The standard InChI is InChI=1S/C35H62O7/c1-5-9-13-16-19-22-26-39-31-29(35(37)38)30(36)32(40-25-12-8-4)34(42-28-24-21-18-15-11-7-3)33(31)41-27-23-20-17-14-10-6-2/h36H,5-28H2,1-4H3,(H,37,38). The van der Waals surface area contributed by atoms with Crippen LogP contribution >= 0.6 is 0 Å². The Morgan fingerprint density at radius 1 is 0.452 bits per heavy atom. The molecular formula is C35H62O7. The lowest BCUT2D eigenvalue weighted by Gasteiger charge is -2.23. The number of rotatable bonds is 29. The molecule has 0 radical (unpaired) electrons. The number of benzene rings is 1. The molecule has 42 heavy (non-hydrogen) atoms. The van der Waals surface area contributed by atoms with Gasteiger partial charge in [0, 0.05) is 0 Å². The first-order valence-electron chi connectivity index (χ1n) is 17.2. The normalized spacial score (nSPS) is 11.0. The van der Waals surface area contributed by atoms with E-state index in [1.165, 1.54) is 57.8 Å². The number of carboxylic acids is 1. The molecule has 7 heteroatoms. The number of aromatic hydroxyl groups is 1. The predicted octanol–water partition coefficient (Wildman–Crippen LogP) is 10.5. The van der Waals surface area contributed by atoms with E-state index in [0.717, 1.165) is 70.6 Å². The monoisotopic (exact) mass is 594 g/mol. The van der Waals surface area contributed by atoms with Crippen LogP contribution in [0.5, 0.6) is 28.7 Å². The summed E-state index contributed by atoms with van der Waals surface area (Å²) in [5.74, 6) is -1.16. The number of ether oxygens (including phenoxy) is 4. The van der Waals surface area contributed by atoms with Crippen molar-refractivity contribution in [3.8, 4) is 28.7 Å². The molecule has 1 rings (SSSR count). The van der Waals surface area contributed by atoms with Gasteiger partial charge in [0.05, 0.1) is 26.4 Å². The Labute approximate surface area is 256 Å². The average molecular weight is 595 g/mol. The van der Waals surface area contributed by atoms with E-state index in [4.69, 9.17) is 18.9 Å². The first kappa shape index (κ1) is 37.7. The number of carbonyl (C=O) groups is 1. The van der Waals surface area contributed by atoms with Gasteiger partial charge in [0.25, 0.3) is 0 Å². The summed E-state index contributed by atoms with van der Waals surface area (Å²) in [6.45, 7) is 10.2. The summed E-state index contributed by atoms with van der Waals surface area (Å²) in [6.07, 6.45) is 21.5. The fourth-order valence-corrected chi connectivity index (χ4v) is 4.87. The summed E-state index contributed by atoms with van der Waals surface area (Å²) < 4.78 is 24.6. The third-order valence-electron chi connectivity index (χ3n) is 7.49. The van der Waals surface area contributed by atoms with Crippen molar-refractivity contribution in [2.24, 2.45) is 0 Å². The maximum Gasteiger partial charge on any atom is 0.343 e. The lowest BCUT2D eigenvalue weighted by molar-refractivity contribution is 0.0685. The molecular weight excluding hydrogens is 532 g/mol. The van der Waals surface area contributed by atoms with Crippen LogP contribution in [0.1, 0.15) is 166 Å². The minimum Gasteiger partial charge on any atom is -0.503 e. The fraction of sp³-hybridized carbons (Fsp3) is 0.800. The van der Waals surface area contributed by atoms with Crippen molar-refractivity contribution in [2.75, 3.05) is 26.4 Å². The van der Waals surface area contributed by atoms with Crippen LogP contribution in [0.3, 0.4) is 0 Å². The number of hydrogen-bond acceptors (Lipinski definition) is 6. The van der Waals surface area contributed by atoms with Gasteiger partial charge in [0.15, 0.2) is 17.1 Å². The van der Waals surface area contributed by atoms with E-state index in [9.17, 15) is 15.0 Å². The Hall–Kier alpha value is -2.31. The lowest BCUT2D eigenvalue weighted by atomic mass is 10.1. The molecule has 0 saturated heterocycles. The Balaban J connectivity index is 3.27. The molecule has 0 aliphatic carbocycles. The van der Waals surface area contributed by atoms with Crippen molar-refractivity contribution < 1.29 is 34.0 Å². The second kappa shape index (κ2) is 25.2. The summed E-state index contributed by atoms with van der Waals surface area (Å²) in [4.78, 5) is 12.5. The molecule has 7 nitrogen and oxygen atoms in total. The largest absolute Gasteiger partial charge is 0.503 e. The van der Waals surface area contributed by atoms with E-state index in [2.05, 4.69) is 27.7 Å². The van der Waals surface area contributed by atoms with Crippen LogP contribution in [0, 0.1) is 0 Å². The molecule has 0 aromatic heterocycles. The summed E-state index contributed by atoms with van der Waals surface area (Å²) >= 11 is 0. The van der Waals surface area contributed by atoms with E-state index in [-0.39, 0.29) is 28.6 Å². The summed E-state index contributed by atoms with van der Waals surface area (Å²) in [5, 5.41) is 21.4. The first-order chi connectivity index (χ1) is 20.5. The lowest BCUT2D eigenvalue weighted by Crippen LogP contribution is -2.13. The molecule has 244 valence electrons. The molecule has 0 saturated carbocycles. The van der Waals surface area contributed by atoms with E-state index in [0.29, 0.717) is 26.4 Å². The van der Waals surface area contributed by atoms with Gasteiger partial charge in [-0.3, -0.25) is 0 Å². The number of hydrogen-bond donors (Lipinski definition) is 2. The second-order valence-corrected chi connectivity index (χ2v) is 11.4. The zero-order valence-electron chi connectivity index (χ0n) is 27.4. The van der Waals surface area contributed by atoms with Gasteiger partial charge in [-0.1, -0.05) is 130 Å². The summed E-state index contributed by atoms with van der Waals surface area (Å²) in [7, 11) is 0. The van der Waals surface area contributed by atoms with E-state index < -0.39 is 11.7 Å². The second-order valence-electron chi connectivity index (χ2n) is 11.4. The van der Waals surface area contributed by atoms with Crippen LogP contribution in [0.2, 0.25) is 0 Å². The predicted molar refractivity (Wildman–Crippen MR) is 172 cm³/mol. The maximum atomic E-state index is 12.5. The molecule has 0 spiro atoms. The van der Waals surface area contributed by atoms with Crippen LogP contribution in [-0.2, 0) is 0 Å². The topological polar surface area (TPSA) is 94.5 Å². The summed E-state index contributed by atoms with van der Waals surface area (Å²) in [6, 6.07) is 0. The molecule has 1 aromatic carbocycles. The van der Waals surface area contributed by atoms with Crippen LogP contribution in [0.15, 0.2) is 0 Å². The highest BCUT2D eigenvalue weighted by Gasteiger charge is 2.32. The Bertz CT molecular complexity index is 824. The van der Waals surface area contributed by atoms with Crippen molar-refractivity contribution in [1.29, 1.82) is 0 Å². The highest BCUT2D eigenvalue weighted by Crippen LogP contribution is 2.53. The summed E-state index contributed by atoms with van der Waals surface area (Å²) in [5.41, 5.74) is -0.322. The van der Waals surface area contributed by atoms with Crippen molar-refractivity contribution in [3.63, 3.8) is 0 Å². The van der Waals surface area contributed by atoms with Crippen molar-refractivity contribution in [2.45, 2.75) is 156 Å². The van der Waals surface area contributed by atoms with Crippen LogP contribution in [-0.4, -0.2) is 42.6 Å². The van der Waals surface area contributed by atoms with Crippen LogP contribution < -0.4 is 18.9 Å². The van der Waals surface area contributed by atoms with Crippen LogP contribution in [0.25, 0.3) is 0 Å². The first-order valence-corrected chi connectivity index (χ1v) is 17.2. The molecule has 0 unspecified atom stereocenters. The third-order valence-corrected chi connectivity index (χ3v) is 7.49. The van der Waals surface area contributed by atoms with Gasteiger partial charge >= 0.3 is 5.97 Å². The molecule has 0 aliphatic heterocycles. The van der Waals surface area contributed by atoms with Crippen molar-refractivity contribution in [3.05, 3.63) is 5.56 Å². The molecule has 1 aromatic rings. The highest BCUT2D eigenvalue weighted by molar-refractivity contribution is 5.97. The minimum atomic E-state index is -1.28. The SMILES string of the molecule is CCCCCCCCOc1c(OCCCC)c(O)c(C(=O)O)c(OCCCCCCCC)c1OCCCCCCCC. The zero-order valence-corrected chi connectivity index (χ0v) is 27.4. The van der Waals surface area contributed by atoms with Gasteiger partial charge in [-0.05, 0) is 25.7 Å². The maximum absolute atomic E-state index is 12.5. The van der Waals surface area contributed by atoms with Crippen LogP contribution in [0.4, 0.5) is 0 Å². The van der Waals surface area contributed by atoms with Gasteiger partial charge in [-0.15, -0.1) is 0 Å². The quantitative estimate of drug-likeness (QED) is 0.0891. The highest BCUT2D eigenvalue weighted by atomic mass is 16.6. The molecule has 0 atom stereocenters. The molecule has 0 fully saturated rings. The van der Waals surface area contributed by atoms with Gasteiger partial charge in [0.2, 0.25) is 17.2 Å². The van der Waals surface area contributed by atoms with Crippen molar-refractivity contribution >= 4 is 5.97 Å². The Morgan fingerprint density at radius 3 is 1.17 bits per heavy atom. The smallest absolute Gasteiger partial charge is 0.343 e. The number of aromatic carboxylic acids is 1. The third kappa shape index (κ3) is 15.2. The van der Waals surface area contributed by atoms with E-state index >= 15 is 0 Å². The molecule has 0 bridgehead atoms. The number of phenols is 1. The van der Waals surface area contributed by atoms with Gasteiger partial charge in [0.1, 0.15) is 0 Å². The molecule has 0 heterocycles. The number of unbranched alkanes of at least 4 members (excludes halogenated alkanes) is 16.